The van der Waals surface area contributed by atoms with E-state index in [1.54, 1.807) is 5.56 Å². The first-order valence-corrected chi connectivity index (χ1v) is 15.3. The van der Waals surface area contributed by atoms with E-state index >= 15 is 0 Å². The molecule has 0 saturated carbocycles. The van der Waals surface area contributed by atoms with Crippen molar-refractivity contribution in [2.75, 3.05) is 52.5 Å². The summed E-state index contributed by atoms with van der Waals surface area (Å²) in [7, 11) is 0. The van der Waals surface area contributed by atoms with Gasteiger partial charge >= 0.3 is 0 Å². The highest BCUT2D eigenvalue weighted by Gasteiger charge is 2.37. The first kappa shape index (κ1) is 27.3. The number of piperidine rings is 2. The van der Waals surface area contributed by atoms with Gasteiger partial charge in [-0.25, -0.2) is 0 Å². The van der Waals surface area contributed by atoms with E-state index in [0.29, 0.717) is 11.3 Å². The van der Waals surface area contributed by atoms with Crippen LogP contribution >= 0.6 is 0 Å². The highest BCUT2D eigenvalue weighted by molar-refractivity contribution is 5.27. The van der Waals surface area contributed by atoms with Crippen LogP contribution in [0.3, 0.4) is 0 Å². The third-order valence-corrected chi connectivity index (χ3v) is 9.77. The Labute approximate surface area is 231 Å². The molecule has 4 heteroatoms. The van der Waals surface area contributed by atoms with Gasteiger partial charge in [-0.3, -0.25) is 4.90 Å². The van der Waals surface area contributed by atoms with Gasteiger partial charge in [0.2, 0.25) is 0 Å². The second kappa shape index (κ2) is 13.2. The Balaban J connectivity index is 1.13. The van der Waals surface area contributed by atoms with E-state index in [1.165, 1.54) is 62.8 Å². The van der Waals surface area contributed by atoms with Gasteiger partial charge in [0.25, 0.3) is 0 Å². The topological polar surface area (TPSA) is 19.0 Å². The minimum absolute atomic E-state index is 0.303. The third kappa shape index (κ3) is 6.63. The Morgan fingerprint density at radius 3 is 2.11 bits per heavy atom. The number of hydrogen-bond acceptors (Lipinski definition) is 4. The molecule has 38 heavy (non-hydrogen) atoms. The zero-order chi connectivity index (χ0) is 26.2. The lowest BCUT2D eigenvalue weighted by atomic mass is 9.69. The Morgan fingerprint density at radius 1 is 0.842 bits per heavy atom. The average molecular weight is 516 g/mol. The maximum atomic E-state index is 5.56. The van der Waals surface area contributed by atoms with Crippen LogP contribution in [0.1, 0.15) is 75.3 Å². The van der Waals surface area contributed by atoms with Crippen molar-refractivity contribution in [1.82, 2.24) is 14.7 Å². The molecule has 4 nitrogen and oxygen atoms in total. The summed E-state index contributed by atoms with van der Waals surface area (Å²) in [4.78, 5) is 7.81. The number of ether oxygens (including phenoxy) is 1. The van der Waals surface area contributed by atoms with Gasteiger partial charge in [0, 0.05) is 45.3 Å². The van der Waals surface area contributed by atoms with Gasteiger partial charge in [-0.2, -0.15) is 0 Å². The number of benzene rings is 2. The van der Waals surface area contributed by atoms with Crippen molar-refractivity contribution in [2.24, 2.45) is 0 Å². The summed E-state index contributed by atoms with van der Waals surface area (Å²) >= 11 is 0. The molecule has 0 radical (unpaired) electrons. The molecule has 0 N–H and O–H groups in total. The molecule has 5 rings (SSSR count). The van der Waals surface area contributed by atoms with Crippen LogP contribution in [0.5, 0.6) is 0 Å². The zero-order valence-corrected chi connectivity index (χ0v) is 23.7. The Hall–Kier alpha value is -2.30. The molecule has 1 atom stereocenters. The van der Waals surface area contributed by atoms with Gasteiger partial charge < -0.3 is 14.5 Å². The van der Waals surface area contributed by atoms with Gasteiger partial charge in [0.05, 0.1) is 19.0 Å². The molecular formula is C34H49N3O. The second-order valence-corrected chi connectivity index (χ2v) is 12.0. The number of unbranched alkanes of at least 4 members (excludes halogenated alkanes) is 1. The molecule has 3 saturated heterocycles. The summed E-state index contributed by atoms with van der Waals surface area (Å²) in [6.45, 7) is 15.5. The van der Waals surface area contributed by atoms with Crippen LogP contribution in [0.25, 0.3) is 0 Å². The van der Waals surface area contributed by atoms with Crippen LogP contribution in [-0.2, 0) is 10.2 Å². The van der Waals surface area contributed by atoms with Crippen LogP contribution in [0, 0.1) is 0 Å². The lowest BCUT2D eigenvalue weighted by Crippen LogP contribution is -2.51. The second-order valence-electron chi connectivity index (χ2n) is 12.0. The van der Waals surface area contributed by atoms with Crippen LogP contribution in [-0.4, -0.2) is 73.2 Å². The lowest BCUT2D eigenvalue weighted by Gasteiger charge is -2.47. The Morgan fingerprint density at radius 2 is 1.45 bits per heavy atom. The number of likely N-dealkylation sites (tertiary alicyclic amines) is 2. The van der Waals surface area contributed by atoms with Gasteiger partial charge in [0.1, 0.15) is 0 Å². The normalized spacial score (nSPS) is 21.8. The quantitative estimate of drug-likeness (QED) is 0.330. The summed E-state index contributed by atoms with van der Waals surface area (Å²) in [6.07, 6.45) is 10.1. The molecule has 206 valence electrons. The van der Waals surface area contributed by atoms with Crippen molar-refractivity contribution in [3.63, 3.8) is 0 Å². The van der Waals surface area contributed by atoms with Crippen molar-refractivity contribution in [3.8, 4) is 0 Å². The Bertz CT molecular complexity index is 971. The van der Waals surface area contributed by atoms with Gasteiger partial charge in [0.15, 0.2) is 0 Å². The first-order valence-electron chi connectivity index (χ1n) is 15.3. The lowest BCUT2D eigenvalue weighted by molar-refractivity contribution is 0.000429. The SMILES string of the molecule is C=C(N1CCC(N2CCOCC2)CC1)N1CCC(CCCCC(C)c2ccccc2)(c2ccccc2)CC1. The molecule has 3 aliphatic rings. The molecule has 0 spiro atoms. The molecule has 3 fully saturated rings. The van der Waals surface area contributed by atoms with Crippen molar-refractivity contribution in [1.29, 1.82) is 0 Å². The van der Waals surface area contributed by atoms with Crippen molar-refractivity contribution >= 4 is 0 Å². The fourth-order valence-corrected chi connectivity index (χ4v) is 7.16. The maximum absolute atomic E-state index is 5.56. The molecule has 1 unspecified atom stereocenters. The summed E-state index contributed by atoms with van der Waals surface area (Å²) in [5.41, 5.74) is 3.33. The smallest absolute Gasteiger partial charge is 0.0965 e. The monoisotopic (exact) mass is 515 g/mol. The fourth-order valence-electron chi connectivity index (χ4n) is 7.16. The van der Waals surface area contributed by atoms with Crippen molar-refractivity contribution in [2.45, 2.75) is 75.7 Å². The predicted octanol–water partition coefficient (Wildman–Crippen LogP) is 6.65. The van der Waals surface area contributed by atoms with E-state index in [1.807, 2.05) is 0 Å². The first-order chi connectivity index (χ1) is 18.6. The molecule has 2 aromatic carbocycles. The number of rotatable bonds is 10. The van der Waals surface area contributed by atoms with Gasteiger partial charge in [-0.15, -0.1) is 0 Å². The molecule has 0 aromatic heterocycles. The Kier molecular flexibility index (Phi) is 9.45. The highest BCUT2D eigenvalue weighted by atomic mass is 16.5. The zero-order valence-electron chi connectivity index (χ0n) is 23.7. The largest absolute Gasteiger partial charge is 0.379 e. The molecule has 2 aromatic rings. The van der Waals surface area contributed by atoms with Crippen LogP contribution < -0.4 is 0 Å². The van der Waals surface area contributed by atoms with E-state index < -0.39 is 0 Å². The highest BCUT2D eigenvalue weighted by Crippen LogP contribution is 2.41. The molecular weight excluding hydrogens is 466 g/mol. The number of hydrogen-bond donors (Lipinski definition) is 0. The number of morpholine rings is 1. The van der Waals surface area contributed by atoms with E-state index in [-0.39, 0.29) is 0 Å². The number of nitrogens with zero attached hydrogens (tertiary/aromatic N) is 3. The van der Waals surface area contributed by atoms with Crippen LogP contribution in [0.2, 0.25) is 0 Å². The summed E-state index contributed by atoms with van der Waals surface area (Å²) in [6, 6.07) is 23.1. The fraction of sp³-hybridized carbons (Fsp3) is 0.588. The van der Waals surface area contributed by atoms with Gasteiger partial charge in [-0.05, 0) is 61.0 Å². The van der Waals surface area contributed by atoms with Crippen LogP contribution in [0.4, 0.5) is 0 Å². The predicted molar refractivity (Wildman–Crippen MR) is 158 cm³/mol. The summed E-state index contributed by atoms with van der Waals surface area (Å²) in [5, 5.41) is 0. The van der Waals surface area contributed by atoms with Gasteiger partial charge in [-0.1, -0.05) is 87.0 Å². The minimum atomic E-state index is 0.303. The minimum Gasteiger partial charge on any atom is -0.379 e. The van der Waals surface area contributed by atoms with E-state index in [4.69, 9.17) is 4.74 Å². The molecule has 0 amide bonds. The van der Waals surface area contributed by atoms with Crippen molar-refractivity contribution in [3.05, 3.63) is 84.2 Å². The van der Waals surface area contributed by atoms with Crippen LogP contribution in [0.15, 0.2) is 73.1 Å². The summed E-state index contributed by atoms with van der Waals surface area (Å²) in [5.74, 6) is 1.91. The maximum Gasteiger partial charge on any atom is 0.0965 e. The third-order valence-electron chi connectivity index (χ3n) is 9.77. The molecule has 3 aliphatic heterocycles. The average Bonchev–Trinajstić information content (AvgIpc) is 3.00. The molecule has 0 aliphatic carbocycles. The van der Waals surface area contributed by atoms with E-state index in [0.717, 1.165) is 58.5 Å². The molecule has 0 bridgehead atoms. The van der Waals surface area contributed by atoms with E-state index in [9.17, 15) is 0 Å². The van der Waals surface area contributed by atoms with Crippen molar-refractivity contribution < 1.29 is 4.74 Å². The molecule has 3 heterocycles. The standard InChI is InChI=1S/C34H49N3O/c1-29(31-12-5-3-6-13-31)11-9-10-18-34(32-14-7-4-8-15-32)19-23-36(24-20-34)30(2)35-21-16-33(17-22-35)37-25-27-38-28-26-37/h3-8,12-15,29,33H,2,9-11,16-28H2,1H3. The van der Waals surface area contributed by atoms with E-state index in [2.05, 4.69) is 88.9 Å². The summed E-state index contributed by atoms with van der Waals surface area (Å²) < 4.78 is 5.56.